The molecule has 33 heavy (non-hydrogen) atoms. The molecule has 0 unspecified atom stereocenters. The molecule has 0 fully saturated rings. The lowest BCUT2D eigenvalue weighted by Crippen LogP contribution is -2.17. The Balaban J connectivity index is 1.47. The summed E-state index contributed by atoms with van der Waals surface area (Å²) in [6, 6.07) is 30.6. The maximum atomic E-state index is 13.0. The maximum Gasteiger partial charge on any atom is 0.256 e. The van der Waals surface area contributed by atoms with Gasteiger partial charge in [-0.05, 0) is 53.9 Å². The maximum absolute atomic E-state index is 13.0. The van der Waals surface area contributed by atoms with Crippen LogP contribution in [0.3, 0.4) is 0 Å². The molecule has 0 aliphatic heterocycles. The SMILES string of the molecule is Cc1ccnc(NC(=O)c2cccc(NC(=O)CC(c3ccccc3)c3ccccc3)c2)c1. The van der Waals surface area contributed by atoms with Crippen LogP contribution in [-0.4, -0.2) is 16.8 Å². The van der Waals surface area contributed by atoms with Crippen LogP contribution in [0.5, 0.6) is 0 Å². The topological polar surface area (TPSA) is 71.1 Å². The average molecular weight is 436 g/mol. The van der Waals surface area contributed by atoms with Crippen LogP contribution in [0.15, 0.2) is 103 Å². The van der Waals surface area contributed by atoms with Crippen molar-refractivity contribution in [2.24, 2.45) is 0 Å². The minimum atomic E-state index is -0.282. The van der Waals surface area contributed by atoms with Crippen molar-refractivity contribution in [1.82, 2.24) is 4.98 Å². The van der Waals surface area contributed by atoms with E-state index in [4.69, 9.17) is 0 Å². The molecule has 164 valence electrons. The van der Waals surface area contributed by atoms with Crippen LogP contribution in [0.2, 0.25) is 0 Å². The molecule has 2 amide bonds. The van der Waals surface area contributed by atoms with Gasteiger partial charge in [0.1, 0.15) is 5.82 Å². The standard InChI is InChI=1S/C28H25N3O2/c1-20-15-16-29-26(17-20)31-28(33)23-13-8-14-24(18-23)30-27(32)19-25(21-9-4-2-5-10-21)22-11-6-3-7-12-22/h2-18,25H,19H2,1H3,(H,30,32)(H,29,31,33). The molecule has 0 radical (unpaired) electrons. The average Bonchev–Trinajstić information content (AvgIpc) is 2.84. The zero-order valence-electron chi connectivity index (χ0n) is 18.4. The van der Waals surface area contributed by atoms with Crippen molar-refractivity contribution >= 4 is 23.3 Å². The number of aromatic nitrogens is 1. The third-order valence-corrected chi connectivity index (χ3v) is 5.36. The highest BCUT2D eigenvalue weighted by molar-refractivity contribution is 6.05. The van der Waals surface area contributed by atoms with E-state index < -0.39 is 0 Å². The van der Waals surface area contributed by atoms with Crippen LogP contribution in [0.25, 0.3) is 0 Å². The van der Waals surface area contributed by atoms with Gasteiger partial charge in [-0.3, -0.25) is 9.59 Å². The summed E-state index contributed by atoms with van der Waals surface area (Å²) in [7, 11) is 0. The minimum Gasteiger partial charge on any atom is -0.326 e. The Morgan fingerprint density at radius 3 is 2.09 bits per heavy atom. The molecular weight excluding hydrogens is 410 g/mol. The number of hydrogen-bond donors (Lipinski definition) is 2. The molecule has 1 heterocycles. The largest absolute Gasteiger partial charge is 0.326 e. The number of aryl methyl sites for hydroxylation is 1. The first kappa shape index (κ1) is 22.0. The highest BCUT2D eigenvalue weighted by Crippen LogP contribution is 2.28. The van der Waals surface area contributed by atoms with E-state index in [0.717, 1.165) is 16.7 Å². The second-order valence-electron chi connectivity index (χ2n) is 7.88. The van der Waals surface area contributed by atoms with E-state index in [1.807, 2.05) is 73.7 Å². The number of amides is 2. The van der Waals surface area contributed by atoms with E-state index in [9.17, 15) is 9.59 Å². The number of carbonyl (C=O) groups is 2. The lowest BCUT2D eigenvalue weighted by atomic mass is 9.88. The number of carbonyl (C=O) groups excluding carboxylic acids is 2. The summed E-state index contributed by atoms with van der Waals surface area (Å²) in [5.74, 6) is 0.0236. The quantitative estimate of drug-likeness (QED) is 0.385. The predicted molar refractivity (Wildman–Crippen MR) is 131 cm³/mol. The van der Waals surface area contributed by atoms with Crippen LogP contribution < -0.4 is 10.6 Å². The van der Waals surface area contributed by atoms with Crippen molar-refractivity contribution in [2.45, 2.75) is 19.3 Å². The molecule has 3 aromatic carbocycles. The van der Waals surface area contributed by atoms with Crippen molar-refractivity contribution in [1.29, 1.82) is 0 Å². The zero-order valence-corrected chi connectivity index (χ0v) is 18.4. The monoisotopic (exact) mass is 435 g/mol. The molecule has 0 saturated heterocycles. The number of anilines is 2. The summed E-state index contributed by atoms with van der Waals surface area (Å²) in [5, 5.41) is 5.74. The van der Waals surface area contributed by atoms with E-state index >= 15 is 0 Å². The van der Waals surface area contributed by atoms with Crippen molar-refractivity contribution < 1.29 is 9.59 Å². The van der Waals surface area contributed by atoms with Crippen molar-refractivity contribution in [3.63, 3.8) is 0 Å². The molecule has 0 bridgehead atoms. The molecule has 0 saturated carbocycles. The molecule has 0 spiro atoms. The van der Waals surface area contributed by atoms with Crippen molar-refractivity contribution in [2.75, 3.05) is 10.6 Å². The van der Waals surface area contributed by atoms with E-state index in [2.05, 4.69) is 15.6 Å². The normalized spacial score (nSPS) is 10.6. The fraction of sp³-hybridized carbons (Fsp3) is 0.107. The number of rotatable bonds is 7. The highest BCUT2D eigenvalue weighted by atomic mass is 16.2. The number of nitrogens with zero attached hydrogens (tertiary/aromatic N) is 1. The number of hydrogen-bond acceptors (Lipinski definition) is 3. The lowest BCUT2D eigenvalue weighted by molar-refractivity contribution is -0.116. The van der Waals surface area contributed by atoms with Gasteiger partial charge < -0.3 is 10.6 Å². The Morgan fingerprint density at radius 2 is 1.45 bits per heavy atom. The molecular formula is C28H25N3O2. The summed E-state index contributed by atoms with van der Waals surface area (Å²) in [6.45, 7) is 1.94. The Morgan fingerprint density at radius 1 is 0.788 bits per heavy atom. The van der Waals surface area contributed by atoms with Crippen molar-refractivity contribution in [3.8, 4) is 0 Å². The number of benzene rings is 3. The number of nitrogens with one attached hydrogen (secondary N) is 2. The van der Waals surface area contributed by atoms with Gasteiger partial charge in [0.2, 0.25) is 5.91 Å². The smallest absolute Gasteiger partial charge is 0.256 e. The van der Waals surface area contributed by atoms with Gasteiger partial charge in [0.05, 0.1) is 0 Å². The van der Waals surface area contributed by atoms with Gasteiger partial charge in [-0.1, -0.05) is 66.7 Å². The third kappa shape index (κ3) is 5.92. The molecule has 0 atom stereocenters. The first-order valence-corrected chi connectivity index (χ1v) is 10.8. The van der Waals surface area contributed by atoms with Crippen LogP contribution in [0.4, 0.5) is 11.5 Å². The van der Waals surface area contributed by atoms with E-state index in [0.29, 0.717) is 17.1 Å². The first-order valence-electron chi connectivity index (χ1n) is 10.8. The number of pyridine rings is 1. The zero-order chi connectivity index (χ0) is 23.0. The summed E-state index contributed by atoms with van der Waals surface area (Å²) in [4.78, 5) is 29.8. The highest BCUT2D eigenvalue weighted by Gasteiger charge is 2.18. The molecule has 2 N–H and O–H groups in total. The molecule has 4 rings (SSSR count). The molecule has 4 aromatic rings. The van der Waals surface area contributed by atoms with Gasteiger partial charge in [0.25, 0.3) is 5.91 Å². The molecule has 5 nitrogen and oxygen atoms in total. The van der Waals surface area contributed by atoms with Crippen LogP contribution in [-0.2, 0) is 4.79 Å². The van der Waals surface area contributed by atoms with E-state index in [-0.39, 0.29) is 24.2 Å². The summed E-state index contributed by atoms with van der Waals surface area (Å²) in [5.41, 5.74) is 4.19. The van der Waals surface area contributed by atoms with Gasteiger partial charge >= 0.3 is 0 Å². The fourth-order valence-electron chi connectivity index (χ4n) is 3.73. The van der Waals surface area contributed by atoms with Crippen LogP contribution in [0.1, 0.15) is 39.4 Å². The lowest BCUT2D eigenvalue weighted by Gasteiger charge is -2.18. The second kappa shape index (κ2) is 10.4. The second-order valence-corrected chi connectivity index (χ2v) is 7.88. The Labute approximate surface area is 193 Å². The minimum absolute atomic E-state index is 0.0636. The van der Waals surface area contributed by atoms with E-state index in [1.54, 1.807) is 36.5 Å². The Bertz CT molecular complexity index is 1200. The molecule has 0 aliphatic carbocycles. The summed E-state index contributed by atoms with van der Waals surface area (Å²) >= 11 is 0. The Hall–Kier alpha value is -4.25. The predicted octanol–water partition coefficient (Wildman–Crippen LogP) is 5.80. The fourth-order valence-corrected chi connectivity index (χ4v) is 3.73. The first-order chi connectivity index (χ1) is 16.1. The van der Waals surface area contributed by atoms with Gasteiger partial charge in [0.15, 0.2) is 0 Å². The van der Waals surface area contributed by atoms with Gasteiger partial charge in [-0.25, -0.2) is 4.98 Å². The van der Waals surface area contributed by atoms with Gasteiger partial charge in [-0.15, -0.1) is 0 Å². The van der Waals surface area contributed by atoms with Gasteiger partial charge in [-0.2, -0.15) is 0 Å². The summed E-state index contributed by atoms with van der Waals surface area (Å²) < 4.78 is 0. The van der Waals surface area contributed by atoms with E-state index in [1.165, 1.54) is 0 Å². The van der Waals surface area contributed by atoms with Gasteiger partial charge in [0, 0.05) is 29.8 Å². The molecule has 1 aromatic heterocycles. The Kier molecular flexibility index (Phi) is 6.90. The molecule has 0 aliphatic rings. The van der Waals surface area contributed by atoms with Crippen LogP contribution in [0, 0.1) is 6.92 Å². The molecule has 5 heteroatoms. The van der Waals surface area contributed by atoms with Crippen molar-refractivity contribution in [3.05, 3.63) is 126 Å². The summed E-state index contributed by atoms with van der Waals surface area (Å²) in [6.07, 6.45) is 1.94. The van der Waals surface area contributed by atoms with Crippen LogP contribution >= 0.6 is 0 Å². The third-order valence-electron chi connectivity index (χ3n) is 5.36.